The van der Waals surface area contributed by atoms with Crippen molar-refractivity contribution < 1.29 is 13.9 Å². The molecule has 0 bridgehead atoms. The molecule has 1 heterocycles. The van der Waals surface area contributed by atoms with Gasteiger partial charge in [-0.3, -0.25) is 4.79 Å². The average Bonchev–Trinajstić information content (AvgIpc) is 2.75. The molecule has 0 fully saturated rings. The van der Waals surface area contributed by atoms with Crippen molar-refractivity contribution in [1.29, 1.82) is 0 Å². The Morgan fingerprint density at radius 2 is 1.57 bits per heavy atom. The monoisotopic (exact) mass is 400 g/mol. The second-order valence-electron chi connectivity index (χ2n) is 6.75. The summed E-state index contributed by atoms with van der Waals surface area (Å²) in [4.78, 5) is 24.1. The Bertz CT molecular complexity index is 1260. The van der Waals surface area contributed by atoms with Crippen LogP contribution < -0.4 is 21.0 Å². The van der Waals surface area contributed by atoms with Crippen molar-refractivity contribution in [2.45, 2.75) is 6.92 Å². The van der Waals surface area contributed by atoms with Crippen LogP contribution in [0.2, 0.25) is 0 Å². The van der Waals surface area contributed by atoms with E-state index in [0.717, 1.165) is 11.1 Å². The third kappa shape index (κ3) is 3.89. The van der Waals surface area contributed by atoms with Gasteiger partial charge in [0.15, 0.2) is 0 Å². The highest BCUT2D eigenvalue weighted by Gasteiger charge is 2.17. The van der Waals surface area contributed by atoms with Gasteiger partial charge in [-0.05, 0) is 54.1 Å². The Hall–Kier alpha value is -4.06. The molecule has 4 rings (SSSR count). The Labute approximate surface area is 173 Å². The number of fused-ring (bicyclic) bond motifs is 1. The number of nitrogens with one attached hydrogen (secondary N) is 2. The normalized spacial score (nSPS) is 10.6. The number of anilines is 3. The van der Waals surface area contributed by atoms with E-state index in [-0.39, 0.29) is 5.91 Å². The minimum absolute atomic E-state index is 0.135. The molecule has 0 atom stereocenters. The first kappa shape index (κ1) is 19.3. The summed E-state index contributed by atoms with van der Waals surface area (Å²) >= 11 is 0. The van der Waals surface area contributed by atoms with E-state index in [2.05, 4.69) is 10.6 Å². The van der Waals surface area contributed by atoms with Crippen LogP contribution >= 0.6 is 0 Å². The van der Waals surface area contributed by atoms with Gasteiger partial charge in [0.25, 0.3) is 0 Å². The van der Waals surface area contributed by atoms with E-state index in [4.69, 9.17) is 9.15 Å². The maximum absolute atomic E-state index is 12.9. The first-order valence-electron chi connectivity index (χ1n) is 9.40. The summed E-state index contributed by atoms with van der Waals surface area (Å²) in [6.45, 7) is 1.46. The lowest BCUT2D eigenvalue weighted by Crippen LogP contribution is -2.08. The van der Waals surface area contributed by atoms with Gasteiger partial charge in [0.1, 0.15) is 11.3 Å². The standard InChI is InChI=1S/C24H20N2O4/c1-15(27)25-17-9-11-18(12-10-17)26-23-20-5-3-4-6-21(20)30-24(28)22(23)16-7-13-19(29-2)14-8-16/h3-14,26H,1-2H3,(H,25,27). The summed E-state index contributed by atoms with van der Waals surface area (Å²) in [5.74, 6) is 0.566. The quantitative estimate of drug-likeness (QED) is 0.452. The zero-order valence-corrected chi connectivity index (χ0v) is 16.6. The number of carbonyl (C=O) groups excluding carboxylic acids is 1. The molecule has 4 aromatic rings. The van der Waals surface area contributed by atoms with Crippen molar-refractivity contribution in [2.24, 2.45) is 0 Å². The molecule has 0 saturated carbocycles. The number of rotatable bonds is 5. The lowest BCUT2D eigenvalue weighted by Gasteiger charge is -2.15. The molecular formula is C24H20N2O4. The Kier molecular flexibility index (Phi) is 5.22. The van der Waals surface area contributed by atoms with Crippen LogP contribution in [0.5, 0.6) is 5.75 Å². The Balaban J connectivity index is 1.84. The molecule has 0 radical (unpaired) electrons. The fourth-order valence-electron chi connectivity index (χ4n) is 3.28. The molecule has 0 aliphatic rings. The molecule has 0 aliphatic carbocycles. The molecule has 30 heavy (non-hydrogen) atoms. The van der Waals surface area contributed by atoms with Gasteiger partial charge in [0.05, 0.1) is 18.4 Å². The van der Waals surface area contributed by atoms with Crippen molar-refractivity contribution >= 4 is 33.9 Å². The smallest absolute Gasteiger partial charge is 0.346 e. The maximum atomic E-state index is 12.9. The summed E-state index contributed by atoms with van der Waals surface area (Å²) < 4.78 is 10.8. The van der Waals surface area contributed by atoms with Gasteiger partial charge < -0.3 is 19.8 Å². The first-order chi connectivity index (χ1) is 14.5. The highest BCUT2D eigenvalue weighted by molar-refractivity contribution is 6.00. The van der Waals surface area contributed by atoms with Gasteiger partial charge in [-0.15, -0.1) is 0 Å². The predicted octanol–water partition coefficient (Wildman–Crippen LogP) is 5.17. The van der Waals surface area contributed by atoms with Gasteiger partial charge in [-0.25, -0.2) is 4.79 Å². The van der Waals surface area contributed by atoms with E-state index in [1.54, 1.807) is 37.4 Å². The van der Waals surface area contributed by atoms with E-state index in [1.807, 2.05) is 42.5 Å². The zero-order valence-electron chi connectivity index (χ0n) is 16.6. The van der Waals surface area contributed by atoms with Gasteiger partial charge in [0.2, 0.25) is 5.91 Å². The third-order valence-corrected chi connectivity index (χ3v) is 4.67. The van der Waals surface area contributed by atoms with Gasteiger partial charge in [-0.2, -0.15) is 0 Å². The van der Waals surface area contributed by atoms with Gasteiger partial charge >= 0.3 is 5.63 Å². The topological polar surface area (TPSA) is 80.6 Å². The second-order valence-corrected chi connectivity index (χ2v) is 6.75. The molecule has 6 nitrogen and oxygen atoms in total. The highest BCUT2D eigenvalue weighted by Crippen LogP contribution is 2.35. The lowest BCUT2D eigenvalue weighted by molar-refractivity contribution is -0.114. The number of carbonyl (C=O) groups is 1. The van der Waals surface area contributed by atoms with E-state index in [0.29, 0.717) is 33.8 Å². The summed E-state index contributed by atoms with van der Waals surface area (Å²) in [6, 6.07) is 21.9. The van der Waals surface area contributed by atoms with Crippen LogP contribution in [-0.2, 0) is 4.79 Å². The molecule has 3 aromatic carbocycles. The first-order valence-corrected chi connectivity index (χ1v) is 9.40. The van der Waals surface area contributed by atoms with Crippen molar-refractivity contribution in [2.75, 3.05) is 17.7 Å². The highest BCUT2D eigenvalue weighted by atomic mass is 16.5. The second kappa shape index (κ2) is 8.13. The van der Waals surface area contributed by atoms with E-state index in [1.165, 1.54) is 6.92 Å². The van der Waals surface area contributed by atoms with Crippen LogP contribution in [-0.4, -0.2) is 13.0 Å². The Morgan fingerprint density at radius 3 is 2.23 bits per heavy atom. The summed E-state index contributed by atoms with van der Waals surface area (Å²) in [6.07, 6.45) is 0. The molecule has 0 saturated heterocycles. The summed E-state index contributed by atoms with van der Waals surface area (Å²) in [7, 11) is 1.59. The predicted molar refractivity (Wildman–Crippen MR) is 119 cm³/mol. The van der Waals surface area contributed by atoms with Crippen LogP contribution in [0.3, 0.4) is 0 Å². The number of amides is 1. The van der Waals surface area contributed by atoms with Crippen LogP contribution in [0.1, 0.15) is 6.92 Å². The Morgan fingerprint density at radius 1 is 0.900 bits per heavy atom. The van der Waals surface area contributed by atoms with Crippen LogP contribution in [0.25, 0.3) is 22.1 Å². The number of para-hydroxylation sites is 1. The molecule has 2 N–H and O–H groups in total. The van der Waals surface area contributed by atoms with Crippen molar-refractivity contribution in [3.05, 3.63) is 83.2 Å². The average molecular weight is 400 g/mol. The molecule has 0 spiro atoms. The molecule has 0 unspecified atom stereocenters. The molecule has 6 heteroatoms. The van der Waals surface area contributed by atoms with E-state index < -0.39 is 5.63 Å². The lowest BCUT2D eigenvalue weighted by atomic mass is 10.0. The minimum atomic E-state index is -0.434. The summed E-state index contributed by atoms with van der Waals surface area (Å²) in [5, 5.41) is 6.89. The van der Waals surface area contributed by atoms with Crippen molar-refractivity contribution in [3.8, 4) is 16.9 Å². The minimum Gasteiger partial charge on any atom is -0.497 e. The van der Waals surface area contributed by atoms with Crippen molar-refractivity contribution in [1.82, 2.24) is 0 Å². The van der Waals surface area contributed by atoms with Crippen LogP contribution in [0, 0.1) is 0 Å². The SMILES string of the molecule is COc1ccc(-c2c(Nc3ccc(NC(C)=O)cc3)c3ccccc3oc2=O)cc1. The van der Waals surface area contributed by atoms with Crippen LogP contribution in [0.15, 0.2) is 82.0 Å². The zero-order chi connectivity index (χ0) is 21.1. The molecule has 0 aliphatic heterocycles. The van der Waals surface area contributed by atoms with E-state index in [9.17, 15) is 9.59 Å². The number of ether oxygens (including phenoxy) is 1. The molecular weight excluding hydrogens is 380 g/mol. The third-order valence-electron chi connectivity index (χ3n) is 4.67. The number of hydrogen-bond donors (Lipinski definition) is 2. The molecule has 1 amide bonds. The fourth-order valence-corrected chi connectivity index (χ4v) is 3.28. The van der Waals surface area contributed by atoms with Crippen LogP contribution in [0.4, 0.5) is 17.1 Å². The fraction of sp³-hybridized carbons (Fsp3) is 0.0833. The van der Waals surface area contributed by atoms with Gasteiger partial charge in [-0.1, -0.05) is 24.3 Å². The number of hydrogen-bond acceptors (Lipinski definition) is 5. The molecule has 1 aromatic heterocycles. The van der Waals surface area contributed by atoms with E-state index >= 15 is 0 Å². The number of methoxy groups -OCH3 is 1. The molecule has 150 valence electrons. The largest absolute Gasteiger partial charge is 0.497 e. The summed E-state index contributed by atoms with van der Waals surface area (Å²) in [5.41, 5.74) is 3.33. The van der Waals surface area contributed by atoms with Crippen molar-refractivity contribution in [3.63, 3.8) is 0 Å². The van der Waals surface area contributed by atoms with Gasteiger partial charge in [0, 0.05) is 23.7 Å². The number of benzene rings is 3. The maximum Gasteiger partial charge on any atom is 0.346 e.